The Labute approximate surface area is 307 Å². The van der Waals surface area contributed by atoms with E-state index in [0.717, 1.165) is 34.6 Å². The van der Waals surface area contributed by atoms with Crippen molar-refractivity contribution in [2.45, 2.75) is 78.4 Å². The summed E-state index contributed by atoms with van der Waals surface area (Å²) in [6, 6.07) is 15.4. The van der Waals surface area contributed by atoms with Gasteiger partial charge in [0.05, 0.1) is 41.2 Å². The summed E-state index contributed by atoms with van der Waals surface area (Å²) in [5.41, 5.74) is 4.36. The number of hydrogen-bond donors (Lipinski definition) is 2. The van der Waals surface area contributed by atoms with Crippen molar-refractivity contribution in [3.05, 3.63) is 111 Å². The highest BCUT2D eigenvalue weighted by molar-refractivity contribution is 6.26. The lowest BCUT2D eigenvalue weighted by Crippen LogP contribution is -2.44. The lowest BCUT2D eigenvalue weighted by Gasteiger charge is -2.24. The van der Waals surface area contributed by atoms with Crippen LogP contribution < -0.4 is 21.2 Å². The number of aryl methyl sites for hydroxylation is 3. The molecule has 0 radical (unpaired) electrons. The highest BCUT2D eigenvalue weighted by Crippen LogP contribution is 2.37. The van der Waals surface area contributed by atoms with Crippen LogP contribution in [0.15, 0.2) is 71.7 Å². The van der Waals surface area contributed by atoms with E-state index in [1.54, 1.807) is 33.9 Å². The van der Waals surface area contributed by atoms with Gasteiger partial charge in [0.1, 0.15) is 17.5 Å². The Morgan fingerprint density at radius 1 is 1.00 bits per heavy atom. The predicted octanol–water partition coefficient (Wildman–Crippen LogP) is 5.14. The van der Waals surface area contributed by atoms with E-state index >= 15 is 0 Å². The van der Waals surface area contributed by atoms with Gasteiger partial charge in [-0.25, -0.2) is 19.6 Å². The lowest BCUT2D eigenvalue weighted by molar-refractivity contribution is -0.143. The van der Waals surface area contributed by atoms with Crippen LogP contribution in [-0.2, 0) is 25.5 Å². The minimum Gasteiger partial charge on any atom is -0.467 e. The molecule has 0 saturated carbocycles. The number of rotatable bonds is 10. The van der Waals surface area contributed by atoms with E-state index in [1.165, 1.54) is 35.0 Å². The molecule has 0 saturated heterocycles. The summed E-state index contributed by atoms with van der Waals surface area (Å²) >= 11 is 0. The van der Waals surface area contributed by atoms with Crippen molar-refractivity contribution in [1.29, 1.82) is 0 Å². The van der Waals surface area contributed by atoms with Crippen LogP contribution in [0.4, 0.5) is 4.79 Å². The lowest BCUT2D eigenvalue weighted by atomic mass is 9.96. The maximum absolute atomic E-state index is 14.4. The number of benzene rings is 2. The molecule has 3 heterocycles. The molecule has 2 aliphatic rings. The fraction of sp³-hybridized carbons (Fsp3) is 0.350. The minimum absolute atomic E-state index is 0.189. The number of unbranched alkanes of at least 4 members (excludes halogenated alkanes) is 1. The van der Waals surface area contributed by atoms with E-state index in [0.29, 0.717) is 31.4 Å². The van der Waals surface area contributed by atoms with Crippen molar-refractivity contribution in [3.8, 4) is 0 Å². The molecule has 2 N–H and O–H groups in total. The van der Waals surface area contributed by atoms with E-state index in [-0.39, 0.29) is 34.6 Å². The zero-order valence-corrected chi connectivity index (χ0v) is 30.8. The van der Waals surface area contributed by atoms with E-state index in [4.69, 9.17) is 9.47 Å². The van der Waals surface area contributed by atoms with Crippen LogP contribution in [0.3, 0.4) is 0 Å². The van der Waals surface area contributed by atoms with Gasteiger partial charge in [0.25, 0.3) is 17.4 Å². The fourth-order valence-corrected chi connectivity index (χ4v) is 6.77. The Kier molecular flexibility index (Phi) is 10.4. The number of methoxy groups -OCH3 is 1. The van der Waals surface area contributed by atoms with Crippen molar-refractivity contribution in [3.63, 3.8) is 0 Å². The maximum atomic E-state index is 14.4. The Morgan fingerprint density at radius 2 is 1.75 bits per heavy atom. The van der Waals surface area contributed by atoms with E-state index in [9.17, 15) is 24.0 Å². The number of nitrogens with zero attached hydrogens (tertiary/aromatic N) is 4. The standard InChI is InChI=1S/C40H44N6O7/c1-24-21-27-15-12-16-30-34(27)45(24)33(26-13-8-7-9-14-26)23-44(36(30)48)46-25(2)42-32-22-28(18-19-29(32)37(46)49)35(47)43-31(38(50)52-6)17-10-11-20-41-39(51)53-40(3,4)5/h7-9,13-14,16,18-19,21-23,31H,10-12,15,17,20H2,1-6H3,(H,41,51)(H,43,47). The second-order valence-corrected chi connectivity index (χ2v) is 14.2. The van der Waals surface area contributed by atoms with Crippen LogP contribution in [0.5, 0.6) is 0 Å². The van der Waals surface area contributed by atoms with Crippen LogP contribution >= 0.6 is 0 Å². The number of allylic oxidation sites excluding steroid dienone is 1. The minimum atomic E-state index is -0.939. The van der Waals surface area contributed by atoms with E-state index < -0.39 is 35.2 Å². The molecule has 3 amide bonds. The first kappa shape index (κ1) is 36.8. The summed E-state index contributed by atoms with van der Waals surface area (Å²) in [6.07, 6.45) is 5.91. The molecule has 0 bridgehead atoms. The van der Waals surface area contributed by atoms with Gasteiger partial charge in [-0.3, -0.25) is 14.4 Å². The fourth-order valence-electron chi connectivity index (χ4n) is 6.77. The van der Waals surface area contributed by atoms with Crippen LogP contribution in [0.25, 0.3) is 22.2 Å². The molecule has 2 aromatic heterocycles. The van der Waals surface area contributed by atoms with Gasteiger partial charge < -0.3 is 24.7 Å². The molecule has 13 heteroatoms. The molecule has 0 fully saturated rings. The number of fused-ring (bicyclic) bond motifs is 1. The van der Waals surface area contributed by atoms with Gasteiger partial charge >= 0.3 is 12.1 Å². The smallest absolute Gasteiger partial charge is 0.407 e. The zero-order valence-electron chi connectivity index (χ0n) is 30.8. The molecular weight excluding hydrogens is 676 g/mol. The van der Waals surface area contributed by atoms with Crippen LogP contribution in [-0.4, -0.2) is 63.4 Å². The second-order valence-electron chi connectivity index (χ2n) is 14.2. The SMILES string of the molecule is COC(=O)C(CCCCNC(=O)OC(C)(C)C)NC(=O)c1ccc2c(=O)n(N3C=C(c4ccccc4)n4c(C)cc5c4C(=CCC5)C3=O)c(C)nc2c1. The summed E-state index contributed by atoms with van der Waals surface area (Å²) < 4.78 is 13.5. The van der Waals surface area contributed by atoms with Crippen molar-refractivity contribution in [2.75, 3.05) is 18.7 Å². The zero-order chi connectivity index (χ0) is 38.0. The third kappa shape index (κ3) is 7.64. The molecule has 1 aliphatic heterocycles. The number of nitrogens with one attached hydrogen (secondary N) is 2. The highest BCUT2D eigenvalue weighted by Gasteiger charge is 2.34. The first-order valence-corrected chi connectivity index (χ1v) is 17.7. The summed E-state index contributed by atoms with van der Waals surface area (Å²) in [5.74, 6) is -1.27. The molecule has 2 aromatic carbocycles. The number of ether oxygens (including phenoxy) is 2. The summed E-state index contributed by atoms with van der Waals surface area (Å²) in [5, 5.41) is 6.95. The Morgan fingerprint density at radius 3 is 2.47 bits per heavy atom. The maximum Gasteiger partial charge on any atom is 0.407 e. The molecule has 6 rings (SSSR count). The van der Waals surface area contributed by atoms with E-state index in [2.05, 4.69) is 26.3 Å². The van der Waals surface area contributed by atoms with Gasteiger partial charge in [0.15, 0.2) is 0 Å². The number of aromatic nitrogens is 3. The Bertz CT molecular complexity index is 2230. The average Bonchev–Trinajstić information content (AvgIpc) is 3.39. The molecule has 276 valence electrons. The number of amides is 3. The summed E-state index contributed by atoms with van der Waals surface area (Å²) in [4.78, 5) is 71.2. The molecular formula is C40H44N6O7. The second kappa shape index (κ2) is 14.9. The molecule has 0 spiro atoms. The first-order chi connectivity index (χ1) is 25.3. The van der Waals surface area contributed by atoms with Crippen molar-refractivity contribution >= 4 is 46.0 Å². The predicted molar refractivity (Wildman–Crippen MR) is 201 cm³/mol. The van der Waals surface area contributed by atoms with Crippen molar-refractivity contribution in [2.24, 2.45) is 0 Å². The van der Waals surface area contributed by atoms with Gasteiger partial charge in [-0.1, -0.05) is 36.4 Å². The third-order valence-electron chi connectivity index (χ3n) is 9.14. The van der Waals surface area contributed by atoms with Gasteiger partial charge in [-0.15, -0.1) is 0 Å². The molecule has 13 nitrogen and oxygen atoms in total. The average molecular weight is 721 g/mol. The molecule has 1 atom stereocenters. The number of carbonyl (C=O) groups is 4. The molecule has 4 aromatic rings. The quantitative estimate of drug-likeness (QED) is 0.169. The Hall–Kier alpha value is -5.98. The van der Waals surface area contributed by atoms with Gasteiger partial charge in [0.2, 0.25) is 0 Å². The highest BCUT2D eigenvalue weighted by atomic mass is 16.6. The van der Waals surface area contributed by atoms with Crippen LogP contribution in [0.2, 0.25) is 0 Å². The number of carbonyl (C=O) groups excluding carboxylic acids is 4. The molecule has 1 unspecified atom stereocenters. The van der Waals surface area contributed by atoms with Crippen molar-refractivity contribution < 1.29 is 28.7 Å². The number of hydrogen-bond acceptors (Lipinski definition) is 8. The largest absolute Gasteiger partial charge is 0.467 e. The van der Waals surface area contributed by atoms with Gasteiger partial charge in [-0.05, 0) is 96.6 Å². The van der Waals surface area contributed by atoms with E-state index in [1.807, 2.05) is 43.3 Å². The third-order valence-corrected chi connectivity index (χ3v) is 9.14. The number of esters is 1. The molecule has 1 aliphatic carbocycles. The monoisotopic (exact) mass is 720 g/mol. The Balaban J connectivity index is 1.26. The van der Waals surface area contributed by atoms with Crippen LogP contribution in [0.1, 0.15) is 85.2 Å². The first-order valence-electron chi connectivity index (χ1n) is 17.7. The summed E-state index contributed by atoms with van der Waals surface area (Å²) in [6.45, 7) is 9.31. The van der Waals surface area contributed by atoms with Crippen molar-refractivity contribution in [1.82, 2.24) is 24.9 Å². The topological polar surface area (TPSA) is 154 Å². The molecule has 53 heavy (non-hydrogen) atoms. The number of alkyl carbamates (subject to hydrolysis) is 1. The normalized spacial score (nSPS) is 14.5. The van der Waals surface area contributed by atoms with Crippen LogP contribution in [0, 0.1) is 13.8 Å². The summed E-state index contributed by atoms with van der Waals surface area (Å²) in [7, 11) is 1.24. The van der Waals surface area contributed by atoms with Gasteiger partial charge in [0, 0.05) is 23.4 Å². The van der Waals surface area contributed by atoms with Gasteiger partial charge in [-0.2, -0.15) is 4.68 Å².